The van der Waals surface area contributed by atoms with E-state index in [-0.39, 0.29) is 36.5 Å². The molecular weight excluding hydrogens is 591 g/mol. The Hall–Kier alpha value is -3.84. The zero-order chi connectivity index (χ0) is 30.8. The molecule has 14 heteroatoms. The van der Waals surface area contributed by atoms with Crippen LogP contribution in [0.4, 0.5) is 53.1 Å². The van der Waals surface area contributed by atoms with Gasteiger partial charge in [-0.15, -0.1) is 0 Å². The number of nitrogens with zero attached hydrogens (tertiary/aromatic N) is 1. The lowest BCUT2D eigenvalue weighted by Crippen LogP contribution is -2.41. The maximum absolute atomic E-state index is 14.8. The molecule has 3 aromatic carbocycles. The van der Waals surface area contributed by atoms with Gasteiger partial charge in [-0.25, -0.2) is 13.6 Å². The van der Waals surface area contributed by atoms with E-state index in [0.717, 1.165) is 29.2 Å². The van der Waals surface area contributed by atoms with Crippen LogP contribution in [0.1, 0.15) is 59.2 Å². The minimum Gasteiger partial charge on any atom is -0.439 e. The summed E-state index contributed by atoms with van der Waals surface area (Å²) in [4.78, 5) is 14.0. The molecule has 3 nitrogen and oxygen atoms in total. The highest BCUT2D eigenvalue weighted by Gasteiger charge is 2.50. The van der Waals surface area contributed by atoms with Crippen molar-refractivity contribution < 1.29 is 57.8 Å². The summed E-state index contributed by atoms with van der Waals surface area (Å²) in [5.41, 5.74) is -5.85. The van der Waals surface area contributed by atoms with Crippen molar-refractivity contribution in [2.45, 2.75) is 56.0 Å². The van der Waals surface area contributed by atoms with Crippen molar-refractivity contribution in [2.75, 3.05) is 0 Å². The van der Waals surface area contributed by atoms with E-state index in [4.69, 9.17) is 4.74 Å². The second-order valence-corrected chi connectivity index (χ2v) is 9.99. The number of amides is 1. The molecule has 0 radical (unpaired) electrons. The van der Waals surface area contributed by atoms with Crippen LogP contribution in [0.5, 0.6) is 0 Å². The highest BCUT2D eigenvalue weighted by molar-refractivity contribution is 5.75. The Morgan fingerprint density at radius 1 is 0.690 bits per heavy atom. The minimum atomic E-state index is -5.17. The second-order valence-electron chi connectivity index (χ2n) is 9.99. The first-order chi connectivity index (χ1) is 19.4. The second kappa shape index (κ2) is 10.2. The predicted octanol–water partition coefficient (Wildman–Crippen LogP) is 9.48. The molecule has 2 aliphatic heterocycles. The van der Waals surface area contributed by atoms with Gasteiger partial charge in [0.2, 0.25) is 0 Å². The highest BCUT2D eigenvalue weighted by Crippen LogP contribution is 2.49. The molecule has 2 aliphatic rings. The highest BCUT2D eigenvalue weighted by atomic mass is 19.4. The van der Waals surface area contributed by atoms with Crippen LogP contribution in [-0.4, -0.2) is 17.0 Å². The van der Waals surface area contributed by atoms with Crippen molar-refractivity contribution in [1.29, 1.82) is 0 Å². The van der Waals surface area contributed by atoms with Crippen LogP contribution in [0.2, 0.25) is 0 Å². The quantitative estimate of drug-likeness (QED) is 0.277. The van der Waals surface area contributed by atoms with Gasteiger partial charge in [0, 0.05) is 5.56 Å². The molecule has 0 bridgehead atoms. The zero-order valence-corrected chi connectivity index (χ0v) is 21.0. The molecule has 2 heterocycles. The number of ether oxygens (including phenoxy) is 1. The number of hydrogen-bond donors (Lipinski definition) is 0. The Bertz CT molecular complexity index is 1500. The fourth-order valence-corrected chi connectivity index (χ4v) is 5.54. The molecule has 2 fully saturated rings. The van der Waals surface area contributed by atoms with Crippen molar-refractivity contribution >= 4 is 6.09 Å². The van der Waals surface area contributed by atoms with E-state index >= 15 is 0 Å². The smallest absolute Gasteiger partial charge is 0.416 e. The van der Waals surface area contributed by atoms with Crippen LogP contribution in [0.25, 0.3) is 11.1 Å². The van der Waals surface area contributed by atoms with Gasteiger partial charge < -0.3 is 4.74 Å². The number of rotatable bonds is 3. The molecule has 3 atom stereocenters. The summed E-state index contributed by atoms with van der Waals surface area (Å²) in [6, 6.07) is 2.91. The maximum Gasteiger partial charge on any atom is 0.416 e. The van der Waals surface area contributed by atoms with Gasteiger partial charge >= 0.3 is 24.6 Å². The van der Waals surface area contributed by atoms with Gasteiger partial charge in [-0.1, -0.05) is 6.07 Å². The Labute approximate surface area is 230 Å². The largest absolute Gasteiger partial charge is 0.439 e. The van der Waals surface area contributed by atoms with Gasteiger partial charge in [-0.3, -0.25) is 4.90 Å². The lowest BCUT2D eigenvalue weighted by Gasteiger charge is -2.38. The fraction of sp³-hybridized carbons (Fsp3) is 0.321. The third-order valence-corrected chi connectivity index (χ3v) is 7.35. The fourth-order valence-electron chi connectivity index (χ4n) is 5.54. The van der Waals surface area contributed by atoms with Crippen molar-refractivity contribution in [1.82, 2.24) is 4.90 Å². The SMILES string of the molecule is O=C1O[C@H](c2cc(C(F)(F)F)cc(C(F)(F)F)c2)[C@@H]2CCC[C@@H](c3cc(C(F)(F)F)ccc3-c3cc(F)ccc3F)N12. The number of carbonyl (C=O) groups excluding carboxylic acids is 1. The topological polar surface area (TPSA) is 29.5 Å². The molecule has 0 aliphatic carbocycles. The molecule has 5 rings (SSSR count). The molecule has 0 unspecified atom stereocenters. The number of alkyl halides is 9. The Kier molecular flexibility index (Phi) is 7.17. The average Bonchev–Trinajstić information content (AvgIpc) is 3.24. The molecule has 42 heavy (non-hydrogen) atoms. The summed E-state index contributed by atoms with van der Waals surface area (Å²) in [6.07, 6.45) is -17.8. The van der Waals surface area contributed by atoms with Crippen molar-refractivity contribution in [3.63, 3.8) is 0 Å². The third kappa shape index (κ3) is 5.50. The van der Waals surface area contributed by atoms with E-state index in [1.807, 2.05) is 0 Å². The number of cyclic esters (lactones) is 1. The molecule has 3 aromatic rings. The van der Waals surface area contributed by atoms with Gasteiger partial charge in [0.05, 0.1) is 28.8 Å². The summed E-state index contributed by atoms with van der Waals surface area (Å²) in [6.45, 7) is 0. The first kappa shape index (κ1) is 29.6. The summed E-state index contributed by atoms with van der Waals surface area (Å²) in [5.74, 6) is -1.88. The normalized spacial score (nSPS) is 21.4. The molecule has 0 saturated carbocycles. The monoisotopic (exact) mass is 609 g/mol. The van der Waals surface area contributed by atoms with Crippen molar-refractivity contribution in [3.05, 3.63) is 94.0 Å². The first-order valence-corrected chi connectivity index (χ1v) is 12.4. The van der Waals surface area contributed by atoms with E-state index in [0.29, 0.717) is 24.3 Å². The summed E-state index contributed by atoms with van der Waals surface area (Å²) in [7, 11) is 0. The average molecular weight is 609 g/mol. The van der Waals surface area contributed by atoms with Gasteiger partial charge in [-0.05, 0) is 84.5 Å². The van der Waals surface area contributed by atoms with E-state index < -0.39 is 82.3 Å². The Balaban J connectivity index is 1.63. The van der Waals surface area contributed by atoms with E-state index in [2.05, 4.69) is 0 Å². The van der Waals surface area contributed by atoms with E-state index in [1.165, 1.54) is 0 Å². The van der Waals surface area contributed by atoms with Gasteiger partial charge in [0.1, 0.15) is 17.7 Å². The number of hydrogen-bond acceptors (Lipinski definition) is 2. The Morgan fingerprint density at radius 3 is 1.90 bits per heavy atom. The zero-order valence-electron chi connectivity index (χ0n) is 21.0. The number of halogens is 11. The molecule has 0 aromatic heterocycles. The minimum absolute atomic E-state index is 0.0000425. The van der Waals surface area contributed by atoms with Crippen molar-refractivity contribution in [2.24, 2.45) is 0 Å². The summed E-state index contributed by atoms with van der Waals surface area (Å²) < 4.78 is 156. The summed E-state index contributed by atoms with van der Waals surface area (Å²) in [5, 5.41) is 0. The van der Waals surface area contributed by atoms with Crippen LogP contribution < -0.4 is 0 Å². The van der Waals surface area contributed by atoms with Crippen LogP contribution >= 0.6 is 0 Å². The van der Waals surface area contributed by atoms with Gasteiger partial charge in [0.25, 0.3) is 0 Å². The van der Waals surface area contributed by atoms with Gasteiger partial charge in [-0.2, -0.15) is 39.5 Å². The number of benzene rings is 3. The number of fused-ring (bicyclic) bond motifs is 1. The van der Waals surface area contributed by atoms with Crippen molar-refractivity contribution in [3.8, 4) is 11.1 Å². The lowest BCUT2D eigenvalue weighted by atomic mass is 9.84. The molecular formula is C28H18F11NO2. The lowest BCUT2D eigenvalue weighted by molar-refractivity contribution is -0.143. The Morgan fingerprint density at radius 2 is 1.31 bits per heavy atom. The molecule has 224 valence electrons. The number of carbonyl (C=O) groups is 1. The first-order valence-electron chi connectivity index (χ1n) is 12.4. The number of piperidine rings is 1. The molecule has 2 saturated heterocycles. The molecule has 1 amide bonds. The molecule has 0 N–H and O–H groups in total. The van der Waals surface area contributed by atoms with Crippen LogP contribution in [0, 0.1) is 11.6 Å². The summed E-state index contributed by atoms with van der Waals surface area (Å²) >= 11 is 0. The van der Waals surface area contributed by atoms with E-state index in [1.54, 1.807) is 0 Å². The van der Waals surface area contributed by atoms with Crippen LogP contribution in [0.3, 0.4) is 0 Å². The predicted molar refractivity (Wildman–Crippen MR) is 125 cm³/mol. The maximum atomic E-state index is 14.8. The third-order valence-electron chi connectivity index (χ3n) is 7.35. The van der Waals surface area contributed by atoms with E-state index in [9.17, 15) is 53.1 Å². The standard InChI is InChI=1S/C28H18F11NO2/c29-17-5-7-21(30)19(12-17)18-6-4-14(26(31,32)33)11-20(18)22-2-1-3-23-24(42-25(41)40(22)23)13-8-15(27(34,35)36)10-16(9-13)28(37,38)39/h4-12,22-24H,1-3H2/t22-,23-,24+/m0/s1. The van der Waals surface area contributed by atoms with Crippen LogP contribution in [-0.2, 0) is 23.3 Å². The molecule has 0 spiro atoms. The van der Waals surface area contributed by atoms with Gasteiger partial charge in [0.15, 0.2) is 0 Å². The van der Waals surface area contributed by atoms with Crippen LogP contribution in [0.15, 0.2) is 54.6 Å².